The van der Waals surface area contributed by atoms with E-state index in [0.29, 0.717) is 6.61 Å². The first kappa shape index (κ1) is 20.6. The molecule has 1 fully saturated rings. The van der Waals surface area contributed by atoms with Crippen LogP contribution in [0.5, 0.6) is 0 Å². The summed E-state index contributed by atoms with van der Waals surface area (Å²) in [5.41, 5.74) is 0. The fourth-order valence-electron chi connectivity index (χ4n) is 2.73. The Kier molecular flexibility index (Phi) is 11.5. The van der Waals surface area contributed by atoms with Crippen LogP contribution in [-0.2, 0) is 9.47 Å². The van der Waals surface area contributed by atoms with E-state index in [4.69, 9.17) is 14.6 Å². The summed E-state index contributed by atoms with van der Waals surface area (Å²) in [4.78, 5) is 0. The van der Waals surface area contributed by atoms with Crippen LogP contribution >= 0.6 is 0 Å². The highest BCUT2D eigenvalue weighted by molar-refractivity contribution is 4.88. The normalized spacial score (nSPS) is 28.5. The summed E-state index contributed by atoms with van der Waals surface area (Å²) in [6.45, 7) is 2.63. The van der Waals surface area contributed by atoms with Gasteiger partial charge >= 0.3 is 0 Å². The molecule has 1 rings (SSSR count). The first-order valence-corrected chi connectivity index (χ1v) is 9.05. The maximum Gasteiger partial charge on any atom is 0.111 e. The first-order valence-electron chi connectivity index (χ1n) is 9.05. The van der Waals surface area contributed by atoms with E-state index in [1.807, 2.05) is 0 Å². The molecule has 0 aromatic carbocycles. The highest BCUT2D eigenvalue weighted by Gasteiger charge is 2.38. The molecule has 5 heteroatoms. The van der Waals surface area contributed by atoms with Crippen LogP contribution in [-0.4, -0.2) is 59.6 Å². The average Bonchev–Trinajstić information content (AvgIpc) is 2.56. The van der Waals surface area contributed by atoms with E-state index in [9.17, 15) is 10.2 Å². The second-order valence-corrected chi connectivity index (χ2v) is 6.26. The van der Waals surface area contributed by atoms with Gasteiger partial charge in [0.2, 0.25) is 0 Å². The minimum absolute atomic E-state index is 0.199. The number of unbranched alkanes of at least 4 members (excludes halogenated alkanes) is 6. The lowest BCUT2D eigenvalue weighted by Gasteiger charge is -2.36. The number of hydrogen-bond acceptors (Lipinski definition) is 5. The Hall–Kier alpha value is -0.460. The first-order chi connectivity index (χ1) is 11.2. The van der Waals surface area contributed by atoms with Crippen molar-refractivity contribution in [2.24, 2.45) is 0 Å². The molecule has 0 amide bonds. The second kappa shape index (κ2) is 12.9. The average molecular weight is 330 g/mol. The largest absolute Gasteiger partial charge is 0.394 e. The van der Waals surface area contributed by atoms with Crippen molar-refractivity contribution in [2.75, 3.05) is 19.8 Å². The van der Waals surface area contributed by atoms with Gasteiger partial charge in [-0.1, -0.05) is 51.2 Å². The van der Waals surface area contributed by atoms with Crippen molar-refractivity contribution < 1.29 is 24.8 Å². The van der Waals surface area contributed by atoms with Crippen molar-refractivity contribution in [2.45, 2.75) is 82.7 Å². The molecule has 3 N–H and O–H groups in total. The van der Waals surface area contributed by atoms with Crippen molar-refractivity contribution >= 4 is 0 Å². The highest BCUT2D eigenvalue weighted by Crippen LogP contribution is 2.18. The van der Waals surface area contributed by atoms with Gasteiger partial charge in [0.1, 0.15) is 24.4 Å². The van der Waals surface area contributed by atoms with Crippen molar-refractivity contribution in [1.82, 2.24) is 0 Å². The third-order valence-electron chi connectivity index (χ3n) is 4.27. The molecular weight excluding hydrogens is 296 g/mol. The lowest BCUT2D eigenvalue weighted by Crippen LogP contribution is -2.55. The standard InChI is InChI=1S/C18H34O5/c1-2-3-4-5-6-7-8-9-10-11-12-22-16-14-23-15(13-19)17(20)18(16)21/h9-10,15-21H,2-8,11-14H2,1H3/b10-9+/t15-,16+,17-,18-/m0/s1. The van der Waals surface area contributed by atoms with E-state index >= 15 is 0 Å². The third-order valence-corrected chi connectivity index (χ3v) is 4.27. The van der Waals surface area contributed by atoms with Crippen LogP contribution in [0.4, 0.5) is 0 Å². The molecule has 0 aromatic rings. The van der Waals surface area contributed by atoms with Gasteiger partial charge in [-0.15, -0.1) is 0 Å². The molecule has 0 bridgehead atoms. The van der Waals surface area contributed by atoms with E-state index in [-0.39, 0.29) is 13.2 Å². The van der Waals surface area contributed by atoms with E-state index in [1.165, 1.54) is 38.5 Å². The minimum Gasteiger partial charge on any atom is -0.394 e. The van der Waals surface area contributed by atoms with Crippen LogP contribution in [0, 0.1) is 0 Å². The number of hydrogen-bond donors (Lipinski definition) is 3. The van der Waals surface area contributed by atoms with Crippen LogP contribution in [0.2, 0.25) is 0 Å². The molecule has 1 aliphatic rings. The number of allylic oxidation sites excluding steroid dienone is 1. The van der Waals surface area contributed by atoms with Gasteiger partial charge in [0.25, 0.3) is 0 Å². The summed E-state index contributed by atoms with van der Waals surface area (Å²) in [7, 11) is 0. The predicted octanol–water partition coefficient (Wildman–Crippen LogP) is 2.18. The van der Waals surface area contributed by atoms with E-state index < -0.39 is 24.4 Å². The van der Waals surface area contributed by atoms with Crippen molar-refractivity contribution in [3.8, 4) is 0 Å². The van der Waals surface area contributed by atoms with Crippen LogP contribution in [0.3, 0.4) is 0 Å². The van der Waals surface area contributed by atoms with Crippen molar-refractivity contribution in [1.29, 1.82) is 0 Å². The summed E-state index contributed by atoms with van der Waals surface area (Å²) in [5.74, 6) is 0. The minimum atomic E-state index is -1.10. The van der Waals surface area contributed by atoms with Gasteiger partial charge in [0.15, 0.2) is 0 Å². The van der Waals surface area contributed by atoms with E-state index in [0.717, 1.165) is 12.8 Å². The van der Waals surface area contributed by atoms with E-state index in [2.05, 4.69) is 19.1 Å². The Bertz CT molecular complexity index is 308. The van der Waals surface area contributed by atoms with Gasteiger partial charge in [-0.2, -0.15) is 0 Å². The molecule has 1 aliphatic heterocycles. The zero-order chi connectivity index (χ0) is 16.9. The zero-order valence-electron chi connectivity index (χ0n) is 14.4. The molecule has 4 atom stereocenters. The summed E-state index contributed by atoms with van der Waals surface area (Å²) >= 11 is 0. The Morgan fingerprint density at radius 1 is 1.00 bits per heavy atom. The maximum atomic E-state index is 9.92. The van der Waals surface area contributed by atoms with Gasteiger partial charge in [0, 0.05) is 0 Å². The topological polar surface area (TPSA) is 79.2 Å². The maximum absolute atomic E-state index is 9.92. The van der Waals surface area contributed by atoms with Crippen LogP contribution in [0.15, 0.2) is 12.2 Å². The number of aliphatic hydroxyl groups is 3. The Morgan fingerprint density at radius 3 is 2.43 bits per heavy atom. The van der Waals surface area contributed by atoms with Crippen LogP contribution < -0.4 is 0 Å². The lowest BCUT2D eigenvalue weighted by atomic mass is 10.0. The number of rotatable bonds is 12. The van der Waals surface area contributed by atoms with Crippen molar-refractivity contribution in [3.63, 3.8) is 0 Å². The molecule has 0 spiro atoms. The smallest absolute Gasteiger partial charge is 0.111 e. The zero-order valence-corrected chi connectivity index (χ0v) is 14.4. The molecule has 0 saturated carbocycles. The predicted molar refractivity (Wildman–Crippen MR) is 90.3 cm³/mol. The Labute approximate surface area is 140 Å². The monoisotopic (exact) mass is 330 g/mol. The fourth-order valence-corrected chi connectivity index (χ4v) is 2.73. The molecule has 0 unspecified atom stereocenters. The molecule has 0 radical (unpaired) electrons. The Balaban J connectivity index is 2.01. The molecule has 1 saturated heterocycles. The van der Waals surface area contributed by atoms with Crippen molar-refractivity contribution in [3.05, 3.63) is 12.2 Å². The second-order valence-electron chi connectivity index (χ2n) is 6.26. The molecule has 1 heterocycles. The van der Waals surface area contributed by atoms with Gasteiger partial charge in [-0.3, -0.25) is 0 Å². The third kappa shape index (κ3) is 8.27. The van der Waals surface area contributed by atoms with Crippen LogP contribution in [0.25, 0.3) is 0 Å². The van der Waals surface area contributed by atoms with Gasteiger partial charge in [-0.25, -0.2) is 0 Å². The molecular formula is C18H34O5. The van der Waals surface area contributed by atoms with Crippen LogP contribution in [0.1, 0.15) is 58.3 Å². The lowest BCUT2D eigenvalue weighted by molar-refractivity contribution is -0.208. The summed E-state index contributed by atoms with van der Waals surface area (Å²) < 4.78 is 10.8. The molecule has 0 aromatic heterocycles. The Morgan fingerprint density at radius 2 is 1.70 bits per heavy atom. The molecule has 0 aliphatic carbocycles. The van der Waals surface area contributed by atoms with E-state index in [1.54, 1.807) is 0 Å². The van der Waals surface area contributed by atoms with Gasteiger partial charge < -0.3 is 24.8 Å². The fraction of sp³-hybridized carbons (Fsp3) is 0.889. The molecule has 136 valence electrons. The summed E-state index contributed by atoms with van der Waals surface area (Å²) in [6.07, 6.45) is 10.7. The number of aliphatic hydroxyl groups excluding tert-OH is 3. The molecule has 23 heavy (non-hydrogen) atoms. The quantitative estimate of drug-likeness (QED) is 0.377. The highest BCUT2D eigenvalue weighted by atomic mass is 16.6. The van der Waals surface area contributed by atoms with Gasteiger partial charge in [0.05, 0.1) is 19.8 Å². The SMILES string of the molecule is CCCCCCCC/C=C/CCO[C@@H]1CO[C@@H](CO)[C@H](O)[C@H]1O. The summed E-state index contributed by atoms with van der Waals surface area (Å²) in [5, 5.41) is 28.7. The van der Waals surface area contributed by atoms with Gasteiger partial charge in [-0.05, 0) is 19.3 Å². The summed E-state index contributed by atoms with van der Waals surface area (Å²) in [6, 6.07) is 0. The molecule has 5 nitrogen and oxygen atoms in total. The number of ether oxygens (including phenoxy) is 2.